The second kappa shape index (κ2) is 10.4. The molecule has 0 saturated carbocycles. The Morgan fingerprint density at radius 1 is 1.00 bits per heavy atom. The van der Waals surface area contributed by atoms with Gasteiger partial charge in [-0.05, 0) is 31.5 Å². The van der Waals surface area contributed by atoms with E-state index in [2.05, 4.69) is 59.4 Å². The van der Waals surface area contributed by atoms with Crippen LogP contribution < -0.4 is 5.32 Å². The van der Waals surface area contributed by atoms with Crippen LogP contribution in [0.15, 0.2) is 28.7 Å². The summed E-state index contributed by atoms with van der Waals surface area (Å²) in [6.07, 6.45) is 9.61. The van der Waals surface area contributed by atoms with Crippen LogP contribution in [-0.4, -0.2) is 6.54 Å². The molecule has 1 aromatic rings. The number of rotatable bonds is 10. The molecule has 0 bridgehead atoms. The molecule has 0 aliphatic rings. The first-order valence-corrected chi connectivity index (χ1v) is 8.52. The van der Waals surface area contributed by atoms with E-state index >= 15 is 0 Å². The third-order valence-electron chi connectivity index (χ3n) is 3.60. The first kappa shape index (κ1) is 16.7. The van der Waals surface area contributed by atoms with E-state index in [4.69, 9.17) is 0 Å². The molecule has 0 spiro atoms. The molecule has 0 amide bonds. The van der Waals surface area contributed by atoms with E-state index in [-0.39, 0.29) is 0 Å². The zero-order valence-corrected chi connectivity index (χ0v) is 14.0. The Kier molecular flexibility index (Phi) is 9.19. The molecule has 19 heavy (non-hydrogen) atoms. The fraction of sp³-hybridized carbons (Fsp3) is 0.647. The van der Waals surface area contributed by atoms with Crippen LogP contribution in [0.25, 0.3) is 0 Å². The van der Waals surface area contributed by atoms with Gasteiger partial charge in [0.25, 0.3) is 0 Å². The zero-order valence-electron chi connectivity index (χ0n) is 12.4. The van der Waals surface area contributed by atoms with Gasteiger partial charge in [-0.25, -0.2) is 0 Å². The Bertz CT molecular complexity index is 338. The van der Waals surface area contributed by atoms with Crippen molar-refractivity contribution < 1.29 is 0 Å². The van der Waals surface area contributed by atoms with Gasteiger partial charge in [0.2, 0.25) is 0 Å². The van der Waals surface area contributed by atoms with Crippen molar-refractivity contribution in [3.05, 3.63) is 34.3 Å². The summed E-state index contributed by atoms with van der Waals surface area (Å²) in [6, 6.07) is 8.90. The van der Waals surface area contributed by atoms with E-state index < -0.39 is 0 Å². The Hall–Kier alpha value is -0.340. The van der Waals surface area contributed by atoms with E-state index in [0.29, 0.717) is 6.04 Å². The first-order chi connectivity index (χ1) is 9.25. The zero-order chi connectivity index (χ0) is 13.9. The molecule has 0 aromatic heterocycles. The molecule has 2 heteroatoms. The minimum Gasteiger partial charge on any atom is -0.310 e. The molecule has 1 nitrogen and oxygen atoms in total. The van der Waals surface area contributed by atoms with E-state index in [1.54, 1.807) is 0 Å². The number of unbranched alkanes of at least 4 members (excludes halogenated alkanes) is 6. The Morgan fingerprint density at radius 3 is 2.32 bits per heavy atom. The number of hydrogen-bond acceptors (Lipinski definition) is 1. The van der Waals surface area contributed by atoms with Gasteiger partial charge in [-0.15, -0.1) is 0 Å². The molecular formula is C17H28BrN. The predicted octanol–water partition coefficient (Wildman–Crippen LogP) is 5.85. The summed E-state index contributed by atoms with van der Waals surface area (Å²) < 4.78 is 1.20. The highest BCUT2D eigenvalue weighted by atomic mass is 79.9. The van der Waals surface area contributed by atoms with Crippen LogP contribution in [0.2, 0.25) is 0 Å². The third kappa shape index (κ3) is 7.12. The van der Waals surface area contributed by atoms with Gasteiger partial charge in [-0.3, -0.25) is 0 Å². The van der Waals surface area contributed by atoms with E-state index in [9.17, 15) is 0 Å². The van der Waals surface area contributed by atoms with Crippen molar-refractivity contribution in [1.82, 2.24) is 5.32 Å². The minimum atomic E-state index is 0.427. The van der Waals surface area contributed by atoms with Crippen molar-refractivity contribution in [2.45, 2.75) is 64.8 Å². The van der Waals surface area contributed by atoms with Gasteiger partial charge in [-0.2, -0.15) is 0 Å². The SMILES string of the molecule is CCCCCCCCCN[C@H](C)c1ccccc1Br. The average molecular weight is 326 g/mol. The predicted molar refractivity (Wildman–Crippen MR) is 88.6 cm³/mol. The summed E-state index contributed by atoms with van der Waals surface area (Å²) in [7, 11) is 0. The second-order valence-electron chi connectivity index (χ2n) is 5.32. The number of benzene rings is 1. The van der Waals surface area contributed by atoms with Crippen LogP contribution >= 0.6 is 15.9 Å². The number of nitrogens with one attached hydrogen (secondary N) is 1. The molecule has 1 N–H and O–H groups in total. The molecule has 0 radical (unpaired) electrons. The molecule has 0 saturated heterocycles. The van der Waals surface area contributed by atoms with Crippen molar-refractivity contribution in [1.29, 1.82) is 0 Å². The molecule has 0 aliphatic heterocycles. The van der Waals surface area contributed by atoms with Gasteiger partial charge in [0.05, 0.1) is 0 Å². The highest BCUT2D eigenvalue weighted by Crippen LogP contribution is 2.22. The lowest BCUT2D eigenvalue weighted by atomic mass is 10.1. The van der Waals surface area contributed by atoms with E-state index in [0.717, 1.165) is 6.54 Å². The quantitative estimate of drug-likeness (QED) is 0.532. The summed E-state index contributed by atoms with van der Waals surface area (Å²) in [6.45, 7) is 5.63. The molecule has 1 atom stereocenters. The van der Waals surface area contributed by atoms with Crippen LogP contribution in [0.1, 0.15) is 70.4 Å². The Balaban J connectivity index is 2.08. The maximum Gasteiger partial charge on any atom is 0.0302 e. The summed E-state index contributed by atoms with van der Waals surface area (Å²) in [4.78, 5) is 0. The highest BCUT2D eigenvalue weighted by Gasteiger charge is 2.06. The molecule has 0 fully saturated rings. The van der Waals surface area contributed by atoms with Gasteiger partial charge >= 0.3 is 0 Å². The summed E-state index contributed by atoms with van der Waals surface area (Å²) in [5.41, 5.74) is 1.35. The summed E-state index contributed by atoms with van der Waals surface area (Å²) in [5, 5.41) is 3.61. The number of halogens is 1. The minimum absolute atomic E-state index is 0.427. The third-order valence-corrected chi connectivity index (χ3v) is 4.32. The summed E-state index contributed by atoms with van der Waals surface area (Å²) in [5.74, 6) is 0. The first-order valence-electron chi connectivity index (χ1n) is 7.73. The standard InChI is InChI=1S/C17H28BrN/c1-3-4-5-6-7-8-11-14-19-15(2)16-12-9-10-13-17(16)18/h9-10,12-13,15,19H,3-8,11,14H2,1-2H3/t15-/m1/s1. The van der Waals surface area contributed by atoms with Crippen LogP contribution in [-0.2, 0) is 0 Å². The smallest absolute Gasteiger partial charge is 0.0302 e. The molecule has 108 valence electrons. The van der Waals surface area contributed by atoms with Crippen molar-refractivity contribution in [3.8, 4) is 0 Å². The largest absolute Gasteiger partial charge is 0.310 e. The van der Waals surface area contributed by atoms with Crippen LogP contribution in [0.4, 0.5) is 0 Å². The highest BCUT2D eigenvalue weighted by molar-refractivity contribution is 9.10. The lowest BCUT2D eigenvalue weighted by molar-refractivity contribution is 0.523. The maximum atomic E-state index is 3.61. The van der Waals surface area contributed by atoms with Gasteiger partial charge in [-0.1, -0.05) is 79.6 Å². The molecule has 0 unspecified atom stereocenters. The van der Waals surface area contributed by atoms with E-state index in [1.807, 2.05) is 0 Å². The fourth-order valence-corrected chi connectivity index (χ4v) is 2.97. The Morgan fingerprint density at radius 2 is 1.63 bits per heavy atom. The lowest BCUT2D eigenvalue weighted by Gasteiger charge is -2.15. The lowest BCUT2D eigenvalue weighted by Crippen LogP contribution is -2.20. The van der Waals surface area contributed by atoms with Crippen molar-refractivity contribution >= 4 is 15.9 Å². The second-order valence-corrected chi connectivity index (χ2v) is 6.17. The van der Waals surface area contributed by atoms with Gasteiger partial charge in [0.15, 0.2) is 0 Å². The normalized spacial score (nSPS) is 12.6. The van der Waals surface area contributed by atoms with Crippen LogP contribution in [0.5, 0.6) is 0 Å². The average Bonchev–Trinajstić information content (AvgIpc) is 2.42. The number of hydrogen-bond donors (Lipinski definition) is 1. The van der Waals surface area contributed by atoms with Crippen molar-refractivity contribution in [2.75, 3.05) is 6.54 Å². The molecule has 1 rings (SSSR count). The fourth-order valence-electron chi connectivity index (χ4n) is 2.34. The van der Waals surface area contributed by atoms with Crippen molar-refractivity contribution in [3.63, 3.8) is 0 Å². The molecular weight excluding hydrogens is 298 g/mol. The molecule has 0 heterocycles. The molecule has 1 aromatic carbocycles. The summed E-state index contributed by atoms with van der Waals surface area (Å²) >= 11 is 3.61. The van der Waals surface area contributed by atoms with Crippen LogP contribution in [0.3, 0.4) is 0 Å². The molecule has 0 aliphatic carbocycles. The topological polar surface area (TPSA) is 12.0 Å². The van der Waals surface area contributed by atoms with Crippen LogP contribution in [0, 0.1) is 0 Å². The Labute approximate surface area is 127 Å². The maximum absolute atomic E-state index is 3.61. The van der Waals surface area contributed by atoms with Gasteiger partial charge in [0.1, 0.15) is 0 Å². The van der Waals surface area contributed by atoms with E-state index in [1.165, 1.54) is 55.0 Å². The van der Waals surface area contributed by atoms with Gasteiger partial charge < -0.3 is 5.32 Å². The van der Waals surface area contributed by atoms with Gasteiger partial charge in [0, 0.05) is 10.5 Å². The monoisotopic (exact) mass is 325 g/mol. The van der Waals surface area contributed by atoms with Crippen molar-refractivity contribution in [2.24, 2.45) is 0 Å².